The first-order valence-corrected chi connectivity index (χ1v) is 5.86. The van der Waals surface area contributed by atoms with Crippen LogP contribution < -0.4 is 0 Å². The summed E-state index contributed by atoms with van der Waals surface area (Å²) < 4.78 is 2.32. The number of nitrogens with zero attached hydrogens (tertiary/aromatic N) is 1. The minimum Gasteiger partial charge on any atom is -0.396 e. The SMILES string of the molecule is CC(CO)c1cc2ccccc2n1C(C)C. The van der Waals surface area contributed by atoms with E-state index in [0.29, 0.717) is 6.04 Å². The fourth-order valence-corrected chi connectivity index (χ4v) is 2.25. The third-order valence-corrected chi connectivity index (χ3v) is 3.07. The van der Waals surface area contributed by atoms with E-state index in [1.54, 1.807) is 0 Å². The first kappa shape index (κ1) is 11.2. The fraction of sp³-hybridized carbons (Fsp3) is 0.429. The summed E-state index contributed by atoms with van der Waals surface area (Å²) in [7, 11) is 0. The summed E-state index contributed by atoms with van der Waals surface area (Å²) in [5.41, 5.74) is 2.48. The second kappa shape index (κ2) is 4.30. The Bertz CT molecular complexity index is 484. The first-order valence-electron chi connectivity index (χ1n) is 5.86. The monoisotopic (exact) mass is 217 g/mol. The highest BCUT2D eigenvalue weighted by atomic mass is 16.3. The maximum Gasteiger partial charge on any atom is 0.0511 e. The summed E-state index contributed by atoms with van der Waals surface area (Å²) in [4.78, 5) is 0. The van der Waals surface area contributed by atoms with Crippen molar-refractivity contribution < 1.29 is 5.11 Å². The Balaban J connectivity index is 2.68. The Morgan fingerprint density at radius 2 is 1.88 bits per heavy atom. The van der Waals surface area contributed by atoms with Crippen molar-refractivity contribution in [3.05, 3.63) is 36.0 Å². The van der Waals surface area contributed by atoms with Crippen molar-refractivity contribution in [2.24, 2.45) is 0 Å². The highest BCUT2D eigenvalue weighted by Gasteiger charge is 2.15. The van der Waals surface area contributed by atoms with Crippen LogP contribution >= 0.6 is 0 Å². The molecule has 1 aromatic heterocycles. The van der Waals surface area contributed by atoms with Crippen LogP contribution in [0.25, 0.3) is 10.9 Å². The molecule has 1 aromatic carbocycles. The number of aliphatic hydroxyl groups excluding tert-OH is 1. The molecule has 0 amide bonds. The van der Waals surface area contributed by atoms with E-state index in [4.69, 9.17) is 0 Å². The van der Waals surface area contributed by atoms with Crippen molar-refractivity contribution in [1.29, 1.82) is 0 Å². The number of benzene rings is 1. The molecule has 2 nitrogen and oxygen atoms in total. The molecule has 1 unspecified atom stereocenters. The maximum atomic E-state index is 9.31. The summed E-state index contributed by atoms with van der Waals surface area (Å²) >= 11 is 0. The quantitative estimate of drug-likeness (QED) is 0.838. The van der Waals surface area contributed by atoms with Crippen molar-refractivity contribution in [3.63, 3.8) is 0 Å². The second-order valence-electron chi connectivity index (χ2n) is 4.68. The standard InChI is InChI=1S/C14H19NO/c1-10(2)15-13-7-5-4-6-12(13)8-14(15)11(3)9-16/h4-8,10-11,16H,9H2,1-3H3. The van der Waals surface area contributed by atoms with Gasteiger partial charge < -0.3 is 9.67 Å². The smallest absolute Gasteiger partial charge is 0.0511 e. The van der Waals surface area contributed by atoms with Gasteiger partial charge in [-0.1, -0.05) is 25.1 Å². The normalized spacial score (nSPS) is 13.6. The van der Waals surface area contributed by atoms with Crippen LogP contribution in [0.5, 0.6) is 0 Å². The number of hydrogen-bond acceptors (Lipinski definition) is 1. The van der Waals surface area contributed by atoms with Gasteiger partial charge in [-0.2, -0.15) is 0 Å². The van der Waals surface area contributed by atoms with Gasteiger partial charge in [0.25, 0.3) is 0 Å². The summed E-state index contributed by atoms with van der Waals surface area (Å²) in [6.07, 6.45) is 0. The second-order valence-corrected chi connectivity index (χ2v) is 4.68. The lowest BCUT2D eigenvalue weighted by Gasteiger charge is -2.17. The molecule has 0 spiro atoms. The third-order valence-electron chi connectivity index (χ3n) is 3.07. The van der Waals surface area contributed by atoms with E-state index in [1.807, 2.05) is 0 Å². The topological polar surface area (TPSA) is 25.2 Å². The molecule has 0 saturated heterocycles. The molecule has 0 radical (unpaired) electrons. The van der Waals surface area contributed by atoms with Crippen LogP contribution in [-0.4, -0.2) is 16.3 Å². The van der Waals surface area contributed by atoms with Crippen molar-refractivity contribution in [3.8, 4) is 0 Å². The van der Waals surface area contributed by atoms with Crippen molar-refractivity contribution >= 4 is 10.9 Å². The molecule has 16 heavy (non-hydrogen) atoms. The molecule has 0 saturated carbocycles. The first-order chi connectivity index (χ1) is 7.65. The predicted octanol–water partition coefficient (Wildman–Crippen LogP) is 3.32. The van der Waals surface area contributed by atoms with Crippen LogP contribution in [0, 0.1) is 0 Å². The zero-order valence-corrected chi connectivity index (χ0v) is 10.1. The van der Waals surface area contributed by atoms with Crippen molar-refractivity contribution in [2.75, 3.05) is 6.61 Å². The van der Waals surface area contributed by atoms with Gasteiger partial charge in [0.15, 0.2) is 0 Å². The number of rotatable bonds is 3. The Morgan fingerprint density at radius 3 is 2.50 bits per heavy atom. The van der Waals surface area contributed by atoms with Crippen LogP contribution in [-0.2, 0) is 0 Å². The number of aliphatic hydroxyl groups is 1. The lowest BCUT2D eigenvalue weighted by atomic mass is 10.1. The van der Waals surface area contributed by atoms with Gasteiger partial charge in [0.1, 0.15) is 0 Å². The van der Waals surface area contributed by atoms with Gasteiger partial charge in [-0.05, 0) is 31.4 Å². The number of aromatic nitrogens is 1. The Labute approximate surface area is 96.5 Å². The molecule has 2 heteroatoms. The van der Waals surface area contributed by atoms with E-state index in [-0.39, 0.29) is 12.5 Å². The molecule has 0 fully saturated rings. The molecule has 1 heterocycles. The van der Waals surface area contributed by atoms with Gasteiger partial charge in [0, 0.05) is 23.2 Å². The van der Waals surface area contributed by atoms with Crippen molar-refractivity contribution in [2.45, 2.75) is 32.7 Å². The number of para-hydroxylation sites is 1. The van der Waals surface area contributed by atoms with Gasteiger partial charge in [-0.15, -0.1) is 0 Å². The summed E-state index contributed by atoms with van der Waals surface area (Å²) in [5, 5.41) is 10.6. The van der Waals surface area contributed by atoms with Crippen LogP contribution in [0.3, 0.4) is 0 Å². The summed E-state index contributed by atoms with van der Waals surface area (Å²) in [6.45, 7) is 6.62. The predicted molar refractivity (Wildman–Crippen MR) is 67.8 cm³/mol. The van der Waals surface area contributed by atoms with Gasteiger partial charge in [-0.3, -0.25) is 0 Å². The lowest BCUT2D eigenvalue weighted by molar-refractivity contribution is 0.268. The average molecular weight is 217 g/mol. The fourth-order valence-electron chi connectivity index (χ4n) is 2.25. The Hall–Kier alpha value is -1.28. The van der Waals surface area contributed by atoms with E-state index < -0.39 is 0 Å². The Morgan fingerprint density at radius 1 is 1.19 bits per heavy atom. The van der Waals surface area contributed by atoms with Crippen molar-refractivity contribution in [1.82, 2.24) is 4.57 Å². The molecule has 0 aliphatic rings. The lowest BCUT2D eigenvalue weighted by Crippen LogP contribution is -2.10. The van der Waals surface area contributed by atoms with Crippen LogP contribution in [0.2, 0.25) is 0 Å². The zero-order chi connectivity index (χ0) is 11.7. The third kappa shape index (κ3) is 1.74. The van der Waals surface area contributed by atoms with E-state index >= 15 is 0 Å². The van der Waals surface area contributed by atoms with Gasteiger partial charge >= 0.3 is 0 Å². The van der Waals surface area contributed by atoms with Gasteiger partial charge in [0.2, 0.25) is 0 Å². The number of hydrogen-bond donors (Lipinski definition) is 1. The molecule has 0 bridgehead atoms. The van der Waals surface area contributed by atoms with Crippen LogP contribution in [0.1, 0.15) is 38.4 Å². The molecular weight excluding hydrogens is 198 g/mol. The van der Waals surface area contributed by atoms with Gasteiger partial charge in [-0.25, -0.2) is 0 Å². The largest absolute Gasteiger partial charge is 0.396 e. The molecular formula is C14H19NO. The molecule has 86 valence electrons. The average Bonchev–Trinajstić information content (AvgIpc) is 2.67. The van der Waals surface area contributed by atoms with E-state index in [9.17, 15) is 5.11 Å². The highest BCUT2D eigenvalue weighted by Crippen LogP contribution is 2.28. The summed E-state index contributed by atoms with van der Waals surface area (Å²) in [5.74, 6) is 0.190. The minimum atomic E-state index is 0.190. The zero-order valence-electron chi connectivity index (χ0n) is 10.1. The van der Waals surface area contributed by atoms with E-state index in [2.05, 4.69) is 55.7 Å². The summed E-state index contributed by atoms with van der Waals surface area (Å²) in [6, 6.07) is 11.0. The molecule has 2 aromatic rings. The Kier molecular flexibility index (Phi) is 3.01. The van der Waals surface area contributed by atoms with Crippen LogP contribution in [0.4, 0.5) is 0 Å². The molecule has 0 aliphatic carbocycles. The van der Waals surface area contributed by atoms with E-state index in [0.717, 1.165) is 0 Å². The van der Waals surface area contributed by atoms with Gasteiger partial charge in [0.05, 0.1) is 6.61 Å². The highest BCUT2D eigenvalue weighted by molar-refractivity contribution is 5.81. The van der Waals surface area contributed by atoms with Crippen LogP contribution in [0.15, 0.2) is 30.3 Å². The van der Waals surface area contributed by atoms with E-state index in [1.165, 1.54) is 16.6 Å². The maximum absolute atomic E-state index is 9.31. The minimum absolute atomic E-state index is 0.190. The molecule has 2 rings (SSSR count). The molecule has 1 atom stereocenters. The number of fused-ring (bicyclic) bond motifs is 1. The molecule has 1 N–H and O–H groups in total. The molecule has 0 aliphatic heterocycles.